The lowest BCUT2D eigenvalue weighted by Gasteiger charge is -2.41. The molecule has 1 fully saturated rings. The van der Waals surface area contributed by atoms with Crippen LogP contribution in [0.2, 0.25) is 0 Å². The molecule has 3 heterocycles. The SMILES string of the molecule is Cc1ncc(CC(=O)N2CCC[C@](C)(Cc3ccc4c(c3)OCO4)C2)c(=O)[nH]1. The highest BCUT2D eigenvalue weighted by Gasteiger charge is 2.33. The molecular weight excluding hydrogens is 358 g/mol. The molecule has 1 saturated heterocycles. The number of nitrogens with one attached hydrogen (secondary N) is 1. The lowest BCUT2D eigenvalue weighted by molar-refractivity contribution is -0.133. The van der Waals surface area contributed by atoms with E-state index in [2.05, 4.69) is 23.0 Å². The maximum Gasteiger partial charge on any atom is 0.254 e. The van der Waals surface area contributed by atoms with Crippen molar-refractivity contribution in [1.29, 1.82) is 0 Å². The third-order valence-corrected chi connectivity index (χ3v) is 5.54. The molecule has 0 bridgehead atoms. The lowest BCUT2D eigenvalue weighted by atomic mass is 9.77. The zero-order chi connectivity index (χ0) is 19.7. The number of piperidine rings is 1. The molecule has 0 radical (unpaired) electrons. The molecule has 148 valence electrons. The monoisotopic (exact) mass is 383 g/mol. The Morgan fingerprint density at radius 1 is 1.32 bits per heavy atom. The van der Waals surface area contributed by atoms with E-state index in [1.807, 2.05) is 17.0 Å². The van der Waals surface area contributed by atoms with Crippen LogP contribution in [0.5, 0.6) is 11.5 Å². The number of rotatable bonds is 4. The fraction of sp³-hybridized carbons (Fsp3) is 0.476. The molecule has 0 spiro atoms. The Bertz CT molecular complexity index is 955. The van der Waals surface area contributed by atoms with Crippen molar-refractivity contribution in [2.75, 3.05) is 19.9 Å². The first-order chi connectivity index (χ1) is 13.4. The summed E-state index contributed by atoms with van der Waals surface area (Å²) in [5.41, 5.74) is 1.35. The maximum absolute atomic E-state index is 12.8. The van der Waals surface area contributed by atoms with Gasteiger partial charge in [-0.1, -0.05) is 13.0 Å². The highest BCUT2D eigenvalue weighted by atomic mass is 16.7. The first-order valence-electron chi connectivity index (χ1n) is 9.63. The lowest BCUT2D eigenvalue weighted by Crippen LogP contribution is -2.46. The van der Waals surface area contributed by atoms with Gasteiger partial charge in [-0.2, -0.15) is 0 Å². The summed E-state index contributed by atoms with van der Waals surface area (Å²) < 4.78 is 10.9. The number of benzene rings is 1. The number of H-pyrrole nitrogens is 1. The number of aromatic amines is 1. The summed E-state index contributed by atoms with van der Waals surface area (Å²) in [6.07, 6.45) is 4.46. The van der Waals surface area contributed by atoms with Gasteiger partial charge in [0.15, 0.2) is 11.5 Å². The van der Waals surface area contributed by atoms with Gasteiger partial charge in [-0.25, -0.2) is 4.98 Å². The number of aromatic nitrogens is 2. The predicted octanol–water partition coefficient (Wildman–Crippen LogP) is 2.22. The topological polar surface area (TPSA) is 84.5 Å². The maximum atomic E-state index is 12.8. The number of carbonyl (C=O) groups excluding carboxylic acids is 1. The third kappa shape index (κ3) is 3.88. The van der Waals surface area contributed by atoms with Crippen molar-refractivity contribution in [3.8, 4) is 11.5 Å². The number of amides is 1. The van der Waals surface area contributed by atoms with Gasteiger partial charge in [-0.05, 0) is 49.3 Å². The van der Waals surface area contributed by atoms with E-state index >= 15 is 0 Å². The number of fused-ring (bicyclic) bond motifs is 1. The average molecular weight is 383 g/mol. The fourth-order valence-corrected chi connectivity index (χ4v) is 4.13. The minimum absolute atomic E-state index is 0.0143. The molecule has 2 aromatic rings. The molecule has 0 aliphatic carbocycles. The van der Waals surface area contributed by atoms with Gasteiger partial charge in [0.2, 0.25) is 12.7 Å². The predicted molar refractivity (Wildman–Crippen MR) is 103 cm³/mol. The van der Waals surface area contributed by atoms with Crippen LogP contribution in [0.25, 0.3) is 0 Å². The molecule has 7 heteroatoms. The summed E-state index contributed by atoms with van der Waals surface area (Å²) in [5.74, 6) is 2.10. The van der Waals surface area contributed by atoms with E-state index in [1.54, 1.807) is 6.92 Å². The van der Waals surface area contributed by atoms with Gasteiger partial charge < -0.3 is 19.4 Å². The molecule has 0 saturated carbocycles. The van der Waals surface area contributed by atoms with E-state index < -0.39 is 0 Å². The van der Waals surface area contributed by atoms with Crippen LogP contribution < -0.4 is 15.0 Å². The number of nitrogens with zero attached hydrogens (tertiary/aromatic N) is 2. The van der Waals surface area contributed by atoms with Crippen molar-refractivity contribution >= 4 is 5.91 Å². The van der Waals surface area contributed by atoms with E-state index in [0.717, 1.165) is 37.3 Å². The van der Waals surface area contributed by atoms with Gasteiger partial charge in [-0.3, -0.25) is 9.59 Å². The van der Waals surface area contributed by atoms with E-state index in [9.17, 15) is 9.59 Å². The second-order valence-electron chi connectivity index (χ2n) is 8.09. The average Bonchev–Trinajstić information content (AvgIpc) is 3.11. The van der Waals surface area contributed by atoms with Crippen LogP contribution in [0.3, 0.4) is 0 Å². The molecule has 1 amide bonds. The molecule has 1 N–H and O–H groups in total. The third-order valence-electron chi connectivity index (χ3n) is 5.54. The van der Waals surface area contributed by atoms with Crippen molar-refractivity contribution in [3.05, 3.63) is 51.7 Å². The Kier molecular flexibility index (Phi) is 4.83. The van der Waals surface area contributed by atoms with Gasteiger partial charge in [0.1, 0.15) is 5.82 Å². The van der Waals surface area contributed by atoms with Crippen LogP contribution >= 0.6 is 0 Å². The van der Waals surface area contributed by atoms with Gasteiger partial charge in [0.25, 0.3) is 5.56 Å². The minimum atomic E-state index is -0.235. The summed E-state index contributed by atoms with van der Waals surface area (Å²) in [5, 5.41) is 0. The summed E-state index contributed by atoms with van der Waals surface area (Å²) in [4.78, 5) is 33.5. The molecule has 28 heavy (non-hydrogen) atoms. The summed E-state index contributed by atoms with van der Waals surface area (Å²) in [7, 11) is 0. The molecule has 1 aromatic carbocycles. The van der Waals surface area contributed by atoms with Crippen LogP contribution in [0.1, 0.15) is 36.7 Å². The fourth-order valence-electron chi connectivity index (χ4n) is 4.13. The number of hydrogen-bond acceptors (Lipinski definition) is 5. The smallest absolute Gasteiger partial charge is 0.254 e. The molecular formula is C21H25N3O4. The van der Waals surface area contributed by atoms with Gasteiger partial charge in [0, 0.05) is 24.8 Å². The zero-order valence-corrected chi connectivity index (χ0v) is 16.3. The first-order valence-corrected chi connectivity index (χ1v) is 9.63. The highest BCUT2D eigenvalue weighted by Crippen LogP contribution is 2.37. The van der Waals surface area contributed by atoms with Crippen molar-refractivity contribution in [3.63, 3.8) is 0 Å². The highest BCUT2D eigenvalue weighted by molar-refractivity contribution is 5.78. The number of aryl methyl sites for hydroxylation is 1. The first kappa shape index (κ1) is 18.5. The second-order valence-corrected chi connectivity index (χ2v) is 8.09. The van der Waals surface area contributed by atoms with Gasteiger partial charge >= 0.3 is 0 Å². The standard InChI is InChI=1S/C21H25N3O4/c1-14-22-11-16(20(26)23-14)9-19(25)24-7-3-6-21(2,12-24)10-15-4-5-17-18(8-15)28-13-27-17/h4-5,8,11H,3,6-7,9-10,12-13H2,1-2H3,(H,22,23,26)/t21-/m1/s1. The van der Waals surface area contributed by atoms with Crippen molar-refractivity contribution < 1.29 is 14.3 Å². The van der Waals surface area contributed by atoms with E-state index in [0.29, 0.717) is 17.9 Å². The normalized spacial score (nSPS) is 21.0. The summed E-state index contributed by atoms with van der Waals surface area (Å²) in [6.45, 7) is 5.62. The Hall–Kier alpha value is -2.83. The Morgan fingerprint density at radius 2 is 2.14 bits per heavy atom. The molecule has 7 nitrogen and oxygen atoms in total. The minimum Gasteiger partial charge on any atom is -0.454 e. The number of carbonyl (C=O) groups is 1. The molecule has 0 unspecified atom stereocenters. The second kappa shape index (κ2) is 7.30. The van der Waals surface area contributed by atoms with Crippen LogP contribution in [0.4, 0.5) is 0 Å². The molecule has 2 aliphatic rings. The zero-order valence-electron chi connectivity index (χ0n) is 16.3. The van der Waals surface area contributed by atoms with E-state index in [-0.39, 0.29) is 30.1 Å². The quantitative estimate of drug-likeness (QED) is 0.875. The Labute approximate surface area is 163 Å². The van der Waals surface area contributed by atoms with Crippen LogP contribution in [0.15, 0.2) is 29.2 Å². The Balaban J connectivity index is 1.44. The van der Waals surface area contributed by atoms with E-state index in [1.165, 1.54) is 11.8 Å². The van der Waals surface area contributed by atoms with Gasteiger partial charge in [-0.15, -0.1) is 0 Å². The largest absolute Gasteiger partial charge is 0.454 e. The number of ether oxygens (including phenoxy) is 2. The molecule has 2 aliphatic heterocycles. The summed E-state index contributed by atoms with van der Waals surface area (Å²) in [6, 6.07) is 6.05. The van der Waals surface area contributed by atoms with Crippen molar-refractivity contribution in [2.45, 2.75) is 39.5 Å². The van der Waals surface area contributed by atoms with Crippen molar-refractivity contribution in [1.82, 2.24) is 14.9 Å². The van der Waals surface area contributed by atoms with Crippen molar-refractivity contribution in [2.24, 2.45) is 5.41 Å². The van der Waals surface area contributed by atoms with Crippen LogP contribution in [0, 0.1) is 12.3 Å². The molecule has 1 aromatic heterocycles. The van der Waals surface area contributed by atoms with Crippen LogP contribution in [-0.2, 0) is 17.6 Å². The van der Waals surface area contributed by atoms with E-state index in [4.69, 9.17) is 9.47 Å². The molecule has 4 rings (SSSR count). The van der Waals surface area contributed by atoms with Crippen LogP contribution in [-0.4, -0.2) is 40.7 Å². The Morgan fingerprint density at radius 3 is 2.96 bits per heavy atom. The number of likely N-dealkylation sites (tertiary alicyclic amines) is 1. The summed E-state index contributed by atoms with van der Waals surface area (Å²) >= 11 is 0. The van der Waals surface area contributed by atoms with Gasteiger partial charge in [0.05, 0.1) is 6.42 Å². The molecule has 1 atom stereocenters. The number of hydrogen-bond donors (Lipinski definition) is 1.